The fourth-order valence-electron chi connectivity index (χ4n) is 2.23. The summed E-state index contributed by atoms with van der Waals surface area (Å²) >= 11 is 0. The van der Waals surface area contributed by atoms with Crippen LogP contribution in [0, 0.1) is 16.7 Å². The zero-order chi connectivity index (χ0) is 16.4. The first-order valence-electron chi connectivity index (χ1n) is 7.66. The number of amides is 1. The number of hydrogen-bond acceptors (Lipinski definition) is 5. The second-order valence-electron chi connectivity index (χ2n) is 6.23. The third-order valence-electron chi connectivity index (χ3n) is 3.95. The van der Waals surface area contributed by atoms with Crippen LogP contribution in [0.4, 0.5) is 5.69 Å². The number of hydrogen-bond donors (Lipinski definition) is 1. The Balaban J connectivity index is 1.63. The first-order valence-corrected chi connectivity index (χ1v) is 7.66. The van der Waals surface area contributed by atoms with Gasteiger partial charge >= 0.3 is 0 Å². The molecule has 1 aromatic carbocycles. The van der Waals surface area contributed by atoms with E-state index in [-0.39, 0.29) is 11.8 Å². The highest BCUT2D eigenvalue weighted by Crippen LogP contribution is 2.45. The van der Waals surface area contributed by atoms with Gasteiger partial charge in [-0.15, -0.1) is 0 Å². The highest BCUT2D eigenvalue weighted by atomic mass is 16.5. The van der Waals surface area contributed by atoms with Crippen LogP contribution < -0.4 is 5.32 Å². The highest BCUT2D eigenvalue weighted by Gasteiger charge is 2.50. The molecule has 118 valence electrons. The van der Waals surface area contributed by atoms with Gasteiger partial charge in [0.05, 0.1) is 6.07 Å². The molecule has 1 N–H and O–H groups in total. The number of rotatable bonds is 5. The standard InChI is InChI=1S/C17H18N4O2/c1-11(2)15-20-14(21-23-15)9-12-3-5-13(6-4-12)19-16(22)17(10-18)7-8-17/h3-6,11H,7-9H2,1-2H3,(H,19,22). The van der Waals surface area contributed by atoms with Crippen LogP contribution in [0.2, 0.25) is 0 Å². The van der Waals surface area contributed by atoms with Crippen molar-refractivity contribution in [3.63, 3.8) is 0 Å². The number of nitrogens with one attached hydrogen (secondary N) is 1. The molecule has 1 aliphatic rings. The minimum atomic E-state index is -0.809. The lowest BCUT2D eigenvalue weighted by Crippen LogP contribution is -2.22. The van der Waals surface area contributed by atoms with Crippen molar-refractivity contribution < 1.29 is 9.32 Å². The summed E-state index contributed by atoms with van der Waals surface area (Å²) in [6.45, 7) is 4.01. The zero-order valence-corrected chi connectivity index (χ0v) is 13.2. The Morgan fingerprint density at radius 1 is 1.39 bits per heavy atom. The lowest BCUT2D eigenvalue weighted by molar-refractivity contribution is -0.119. The quantitative estimate of drug-likeness (QED) is 0.916. The van der Waals surface area contributed by atoms with Gasteiger partial charge < -0.3 is 9.84 Å². The van der Waals surface area contributed by atoms with Gasteiger partial charge in [-0.2, -0.15) is 10.2 Å². The predicted octanol–water partition coefficient (Wildman–Crippen LogP) is 3.03. The number of benzene rings is 1. The second kappa shape index (κ2) is 5.84. The van der Waals surface area contributed by atoms with Crippen LogP contribution in [-0.4, -0.2) is 16.0 Å². The Labute approximate surface area is 134 Å². The van der Waals surface area contributed by atoms with Gasteiger partial charge in [0.15, 0.2) is 5.82 Å². The van der Waals surface area contributed by atoms with Crippen molar-refractivity contribution in [1.29, 1.82) is 5.26 Å². The smallest absolute Gasteiger partial charge is 0.244 e. The molecule has 0 aliphatic heterocycles. The average Bonchev–Trinajstić information content (AvgIpc) is 3.21. The van der Waals surface area contributed by atoms with Crippen LogP contribution in [0.5, 0.6) is 0 Å². The maximum atomic E-state index is 12.0. The monoisotopic (exact) mass is 310 g/mol. The van der Waals surface area contributed by atoms with Crippen LogP contribution in [0.15, 0.2) is 28.8 Å². The van der Waals surface area contributed by atoms with E-state index < -0.39 is 5.41 Å². The van der Waals surface area contributed by atoms with Crippen molar-refractivity contribution in [2.75, 3.05) is 5.32 Å². The second-order valence-corrected chi connectivity index (χ2v) is 6.23. The van der Waals surface area contributed by atoms with Crippen LogP contribution >= 0.6 is 0 Å². The van der Waals surface area contributed by atoms with Gasteiger partial charge in [0.1, 0.15) is 5.41 Å². The van der Waals surface area contributed by atoms with E-state index in [0.717, 1.165) is 5.56 Å². The van der Waals surface area contributed by atoms with Gasteiger partial charge in [-0.25, -0.2) is 0 Å². The number of anilines is 1. The number of aromatic nitrogens is 2. The van der Waals surface area contributed by atoms with E-state index in [1.807, 2.05) is 38.1 Å². The molecule has 0 radical (unpaired) electrons. The van der Waals surface area contributed by atoms with Crippen molar-refractivity contribution >= 4 is 11.6 Å². The zero-order valence-electron chi connectivity index (χ0n) is 13.2. The van der Waals surface area contributed by atoms with Gasteiger partial charge in [-0.1, -0.05) is 31.1 Å². The maximum absolute atomic E-state index is 12.0. The molecular weight excluding hydrogens is 292 g/mol. The third-order valence-corrected chi connectivity index (χ3v) is 3.95. The number of carbonyl (C=O) groups excluding carboxylic acids is 1. The van der Waals surface area contributed by atoms with Gasteiger partial charge in [0, 0.05) is 18.0 Å². The van der Waals surface area contributed by atoms with Crippen LogP contribution in [-0.2, 0) is 11.2 Å². The largest absolute Gasteiger partial charge is 0.339 e. The minimum absolute atomic E-state index is 0.212. The lowest BCUT2D eigenvalue weighted by atomic mass is 10.1. The molecule has 1 fully saturated rings. The van der Waals surface area contributed by atoms with E-state index in [4.69, 9.17) is 9.78 Å². The molecule has 2 aromatic rings. The summed E-state index contributed by atoms with van der Waals surface area (Å²) in [4.78, 5) is 16.3. The first-order chi connectivity index (χ1) is 11.0. The molecule has 1 amide bonds. The molecule has 0 saturated heterocycles. The summed E-state index contributed by atoms with van der Waals surface area (Å²) in [7, 11) is 0. The predicted molar refractivity (Wildman–Crippen MR) is 83.5 cm³/mol. The average molecular weight is 310 g/mol. The Kier molecular flexibility index (Phi) is 3.87. The molecule has 3 rings (SSSR count). The summed E-state index contributed by atoms with van der Waals surface area (Å²) in [6, 6.07) is 9.56. The Morgan fingerprint density at radius 2 is 2.09 bits per heavy atom. The summed E-state index contributed by atoms with van der Waals surface area (Å²) in [5.74, 6) is 1.28. The van der Waals surface area contributed by atoms with E-state index in [2.05, 4.69) is 21.5 Å². The Hall–Kier alpha value is -2.68. The molecule has 1 aliphatic carbocycles. The van der Waals surface area contributed by atoms with E-state index in [1.165, 1.54) is 0 Å². The van der Waals surface area contributed by atoms with E-state index in [1.54, 1.807) is 0 Å². The maximum Gasteiger partial charge on any atom is 0.244 e. The number of carbonyl (C=O) groups is 1. The molecule has 0 spiro atoms. The number of nitriles is 1. The van der Waals surface area contributed by atoms with Crippen LogP contribution in [0.3, 0.4) is 0 Å². The third kappa shape index (κ3) is 3.24. The summed E-state index contributed by atoms with van der Waals surface area (Å²) in [5.41, 5.74) is 0.910. The Morgan fingerprint density at radius 3 is 2.61 bits per heavy atom. The fourth-order valence-corrected chi connectivity index (χ4v) is 2.23. The summed E-state index contributed by atoms with van der Waals surface area (Å²) < 4.78 is 5.18. The van der Waals surface area contributed by atoms with Gasteiger partial charge in [0.2, 0.25) is 11.8 Å². The van der Waals surface area contributed by atoms with Crippen LogP contribution in [0.1, 0.15) is 49.9 Å². The normalized spacial score (nSPS) is 15.2. The van der Waals surface area contributed by atoms with E-state index >= 15 is 0 Å². The lowest BCUT2D eigenvalue weighted by Gasteiger charge is -2.08. The Bertz CT molecular complexity index is 752. The van der Waals surface area contributed by atoms with Gasteiger partial charge in [0.25, 0.3) is 0 Å². The molecular formula is C17H18N4O2. The molecule has 6 nitrogen and oxygen atoms in total. The molecule has 1 saturated carbocycles. The molecule has 23 heavy (non-hydrogen) atoms. The van der Waals surface area contributed by atoms with Crippen molar-refractivity contribution in [3.8, 4) is 6.07 Å². The van der Waals surface area contributed by atoms with Gasteiger partial charge in [-0.3, -0.25) is 4.79 Å². The fraction of sp³-hybridized carbons (Fsp3) is 0.412. The topological polar surface area (TPSA) is 91.8 Å². The minimum Gasteiger partial charge on any atom is -0.339 e. The first kappa shape index (κ1) is 15.2. The summed E-state index contributed by atoms with van der Waals surface area (Å²) in [6.07, 6.45) is 1.86. The SMILES string of the molecule is CC(C)c1nc(Cc2ccc(NC(=O)C3(C#N)CC3)cc2)no1. The summed E-state index contributed by atoms with van der Waals surface area (Å²) in [5, 5.41) is 15.8. The van der Waals surface area contributed by atoms with Crippen molar-refractivity contribution in [3.05, 3.63) is 41.5 Å². The van der Waals surface area contributed by atoms with Crippen molar-refractivity contribution in [2.24, 2.45) is 5.41 Å². The molecule has 6 heteroatoms. The molecule has 1 heterocycles. The molecule has 0 bridgehead atoms. The highest BCUT2D eigenvalue weighted by molar-refractivity contribution is 5.99. The van der Waals surface area contributed by atoms with Crippen molar-refractivity contribution in [2.45, 2.75) is 39.0 Å². The number of nitrogens with zero attached hydrogens (tertiary/aromatic N) is 3. The van der Waals surface area contributed by atoms with E-state index in [0.29, 0.717) is 36.7 Å². The van der Waals surface area contributed by atoms with Crippen LogP contribution in [0.25, 0.3) is 0 Å². The molecule has 0 atom stereocenters. The van der Waals surface area contributed by atoms with E-state index in [9.17, 15) is 4.79 Å². The van der Waals surface area contributed by atoms with Crippen molar-refractivity contribution in [1.82, 2.24) is 10.1 Å². The van der Waals surface area contributed by atoms with Gasteiger partial charge in [-0.05, 0) is 30.5 Å². The molecule has 0 unspecified atom stereocenters. The molecule has 1 aromatic heterocycles.